The van der Waals surface area contributed by atoms with Gasteiger partial charge in [-0.2, -0.15) is 0 Å². The van der Waals surface area contributed by atoms with Crippen molar-refractivity contribution < 1.29 is 14.7 Å². The predicted octanol–water partition coefficient (Wildman–Crippen LogP) is 2.52. The Labute approximate surface area is 118 Å². The number of benzene rings is 1. The zero-order valence-electron chi connectivity index (χ0n) is 11.2. The van der Waals surface area contributed by atoms with E-state index in [-0.39, 0.29) is 12.5 Å². The van der Waals surface area contributed by atoms with Gasteiger partial charge in [0.05, 0.1) is 6.42 Å². The smallest absolute Gasteiger partial charge is 0.322 e. The second-order valence-corrected chi connectivity index (χ2v) is 4.14. The Balaban J connectivity index is 2.85. The number of nitrogens with zero attached hydrogens (tertiary/aromatic N) is 1. The van der Waals surface area contributed by atoms with Gasteiger partial charge in [-0.3, -0.25) is 4.79 Å². The number of carboxylic acid groups (broad SMARTS) is 1. The van der Waals surface area contributed by atoms with E-state index in [1.807, 2.05) is 0 Å². The summed E-state index contributed by atoms with van der Waals surface area (Å²) in [5.74, 6) is -0.944. The monoisotopic (exact) mass is 274 g/mol. The number of aliphatic carboxylic acids is 1. The molecule has 0 unspecified atom stereocenters. The summed E-state index contributed by atoms with van der Waals surface area (Å²) in [6.07, 6.45) is 3.10. The van der Waals surface area contributed by atoms with E-state index in [0.29, 0.717) is 24.3 Å². The van der Waals surface area contributed by atoms with E-state index in [1.165, 1.54) is 4.90 Å². The van der Waals surface area contributed by atoms with E-state index in [2.05, 4.69) is 18.5 Å². The molecule has 5 heteroatoms. The zero-order chi connectivity index (χ0) is 15.0. The number of carbonyl (C=O) groups is 2. The highest BCUT2D eigenvalue weighted by atomic mass is 16.4. The molecule has 0 radical (unpaired) electrons. The molecular weight excluding hydrogens is 256 g/mol. The standard InChI is InChI=1S/C15H18N2O3/c1-3-9-17(10-4-2)15(20)16-13-8-6-5-7-12(13)11-14(18)19/h3-8H,1-2,9-11H2,(H,16,20)(H,18,19). The largest absolute Gasteiger partial charge is 0.481 e. The van der Waals surface area contributed by atoms with Crippen molar-refractivity contribution in [1.29, 1.82) is 0 Å². The minimum Gasteiger partial charge on any atom is -0.481 e. The number of carboxylic acids is 1. The third-order valence-electron chi connectivity index (χ3n) is 2.59. The summed E-state index contributed by atoms with van der Waals surface area (Å²) in [5.41, 5.74) is 1.06. The topological polar surface area (TPSA) is 69.6 Å². The molecule has 1 aromatic rings. The van der Waals surface area contributed by atoms with Crippen LogP contribution in [0.5, 0.6) is 0 Å². The van der Waals surface area contributed by atoms with Crippen LogP contribution in [0.3, 0.4) is 0 Å². The molecule has 0 aromatic heterocycles. The molecule has 0 saturated carbocycles. The van der Waals surface area contributed by atoms with Crippen molar-refractivity contribution >= 4 is 17.7 Å². The number of rotatable bonds is 7. The summed E-state index contributed by atoms with van der Waals surface area (Å²) in [5, 5.41) is 11.6. The van der Waals surface area contributed by atoms with E-state index in [1.54, 1.807) is 36.4 Å². The first kappa shape index (κ1) is 15.5. The van der Waals surface area contributed by atoms with Crippen LogP contribution in [0.15, 0.2) is 49.6 Å². The van der Waals surface area contributed by atoms with Gasteiger partial charge in [-0.05, 0) is 11.6 Å². The molecule has 0 spiro atoms. The van der Waals surface area contributed by atoms with Crippen molar-refractivity contribution in [2.75, 3.05) is 18.4 Å². The van der Waals surface area contributed by atoms with Gasteiger partial charge >= 0.3 is 12.0 Å². The molecule has 0 atom stereocenters. The van der Waals surface area contributed by atoms with Gasteiger partial charge in [0.15, 0.2) is 0 Å². The summed E-state index contributed by atoms with van der Waals surface area (Å²) in [6, 6.07) is 6.51. The molecule has 0 aliphatic carbocycles. The Bertz CT molecular complexity index is 502. The lowest BCUT2D eigenvalue weighted by Crippen LogP contribution is -2.35. The predicted molar refractivity (Wildman–Crippen MR) is 78.8 cm³/mol. The lowest BCUT2D eigenvalue weighted by atomic mass is 10.1. The fourth-order valence-electron chi connectivity index (χ4n) is 1.71. The second-order valence-electron chi connectivity index (χ2n) is 4.14. The normalized spacial score (nSPS) is 9.60. The van der Waals surface area contributed by atoms with Crippen LogP contribution in [0, 0.1) is 0 Å². The number of anilines is 1. The minimum atomic E-state index is -0.944. The molecule has 0 fully saturated rings. The molecule has 5 nitrogen and oxygen atoms in total. The van der Waals surface area contributed by atoms with Crippen molar-refractivity contribution in [3.05, 3.63) is 55.1 Å². The third-order valence-corrected chi connectivity index (χ3v) is 2.59. The summed E-state index contributed by atoms with van der Waals surface area (Å²) in [6.45, 7) is 7.97. The summed E-state index contributed by atoms with van der Waals surface area (Å²) in [4.78, 5) is 24.4. The molecular formula is C15H18N2O3. The maximum Gasteiger partial charge on any atom is 0.322 e. The Hall–Kier alpha value is -2.56. The molecule has 2 amide bonds. The SMILES string of the molecule is C=CCN(CC=C)C(=O)Nc1ccccc1CC(=O)O. The molecule has 1 aromatic carbocycles. The maximum absolute atomic E-state index is 12.1. The van der Waals surface area contributed by atoms with Gasteiger partial charge in [0.1, 0.15) is 0 Å². The molecule has 0 bridgehead atoms. The third kappa shape index (κ3) is 4.61. The molecule has 20 heavy (non-hydrogen) atoms. The molecule has 0 aliphatic rings. The van der Waals surface area contributed by atoms with E-state index < -0.39 is 5.97 Å². The first-order valence-corrected chi connectivity index (χ1v) is 6.16. The molecule has 1 rings (SSSR count). The van der Waals surface area contributed by atoms with Crippen LogP contribution < -0.4 is 5.32 Å². The van der Waals surface area contributed by atoms with E-state index in [9.17, 15) is 9.59 Å². The van der Waals surface area contributed by atoms with Crippen LogP contribution in [-0.2, 0) is 11.2 Å². The van der Waals surface area contributed by atoms with Crippen LogP contribution in [-0.4, -0.2) is 35.1 Å². The van der Waals surface area contributed by atoms with Crippen LogP contribution in [0.1, 0.15) is 5.56 Å². The molecule has 0 heterocycles. The van der Waals surface area contributed by atoms with Gasteiger partial charge in [-0.1, -0.05) is 30.4 Å². The minimum absolute atomic E-state index is 0.140. The summed E-state index contributed by atoms with van der Waals surface area (Å²) < 4.78 is 0. The molecule has 106 valence electrons. The lowest BCUT2D eigenvalue weighted by molar-refractivity contribution is -0.136. The second kappa shape index (κ2) is 7.78. The average Bonchev–Trinajstić information content (AvgIpc) is 2.40. The van der Waals surface area contributed by atoms with E-state index >= 15 is 0 Å². The first-order valence-electron chi connectivity index (χ1n) is 6.16. The number of urea groups is 1. The van der Waals surface area contributed by atoms with Crippen molar-refractivity contribution in [3.8, 4) is 0 Å². The zero-order valence-corrected chi connectivity index (χ0v) is 11.2. The van der Waals surface area contributed by atoms with Gasteiger partial charge in [0, 0.05) is 18.8 Å². The summed E-state index contributed by atoms with van der Waals surface area (Å²) in [7, 11) is 0. The van der Waals surface area contributed by atoms with Gasteiger partial charge in [0.2, 0.25) is 0 Å². The van der Waals surface area contributed by atoms with Crippen LogP contribution >= 0.6 is 0 Å². The van der Waals surface area contributed by atoms with Crippen LogP contribution in [0.25, 0.3) is 0 Å². The number of nitrogens with one attached hydrogen (secondary N) is 1. The number of hydrogen-bond acceptors (Lipinski definition) is 2. The maximum atomic E-state index is 12.1. The van der Waals surface area contributed by atoms with E-state index in [0.717, 1.165) is 0 Å². The van der Waals surface area contributed by atoms with Gasteiger partial charge in [-0.25, -0.2) is 4.79 Å². The molecule has 2 N–H and O–H groups in total. The quantitative estimate of drug-likeness (QED) is 0.751. The molecule has 0 aliphatic heterocycles. The number of carbonyl (C=O) groups excluding carboxylic acids is 1. The number of amides is 2. The Morgan fingerprint density at radius 3 is 2.35 bits per heavy atom. The average molecular weight is 274 g/mol. The fourth-order valence-corrected chi connectivity index (χ4v) is 1.71. The fraction of sp³-hybridized carbons (Fsp3) is 0.200. The van der Waals surface area contributed by atoms with E-state index in [4.69, 9.17) is 5.11 Å². The van der Waals surface area contributed by atoms with Gasteiger partial charge < -0.3 is 15.3 Å². The number of para-hydroxylation sites is 1. The highest BCUT2D eigenvalue weighted by Crippen LogP contribution is 2.16. The van der Waals surface area contributed by atoms with Crippen molar-refractivity contribution in [1.82, 2.24) is 4.90 Å². The highest BCUT2D eigenvalue weighted by molar-refractivity contribution is 5.91. The first-order chi connectivity index (χ1) is 9.58. The van der Waals surface area contributed by atoms with Crippen LogP contribution in [0.4, 0.5) is 10.5 Å². The van der Waals surface area contributed by atoms with Crippen molar-refractivity contribution in [3.63, 3.8) is 0 Å². The van der Waals surface area contributed by atoms with Gasteiger partial charge in [0.25, 0.3) is 0 Å². The Kier molecular flexibility index (Phi) is 6.03. The van der Waals surface area contributed by atoms with Gasteiger partial charge in [-0.15, -0.1) is 13.2 Å². The van der Waals surface area contributed by atoms with Crippen molar-refractivity contribution in [2.24, 2.45) is 0 Å². The lowest BCUT2D eigenvalue weighted by Gasteiger charge is -2.20. The van der Waals surface area contributed by atoms with Crippen molar-refractivity contribution in [2.45, 2.75) is 6.42 Å². The van der Waals surface area contributed by atoms with Crippen LogP contribution in [0.2, 0.25) is 0 Å². The summed E-state index contributed by atoms with van der Waals surface area (Å²) >= 11 is 0. The number of hydrogen-bond donors (Lipinski definition) is 2. The Morgan fingerprint density at radius 2 is 1.80 bits per heavy atom. The Morgan fingerprint density at radius 1 is 1.20 bits per heavy atom. The highest BCUT2D eigenvalue weighted by Gasteiger charge is 2.13. The molecule has 0 saturated heterocycles.